The van der Waals surface area contributed by atoms with Crippen molar-refractivity contribution in [3.05, 3.63) is 24.3 Å². The Hall–Kier alpha value is -0.530. The number of aliphatic hydroxyl groups is 2. The van der Waals surface area contributed by atoms with Gasteiger partial charge in [-0.05, 0) is 12.2 Å². The Labute approximate surface area is 107 Å². The lowest BCUT2D eigenvalue weighted by molar-refractivity contribution is -0.0362. The molecule has 0 aromatic carbocycles. The standard InChI is InChI=1S/C10H19O7P/c1-14-9(11)5-3-7-16-18(13)17-8-4-6-10(12)15-2/h3-6,9-12,18H,7-8H2,1-2H3. The summed E-state index contributed by atoms with van der Waals surface area (Å²) in [6.45, 7) is 0.0885. The minimum absolute atomic E-state index is 0.0443. The summed E-state index contributed by atoms with van der Waals surface area (Å²) in [5.74, 6) is 0. The summed E-state index contributed by atoms with van der Waals surface area (Å²) in [5, 5.41) is 17.9. The van der Waals surface area contributed by atoms with E-state index < -0.39 is 20.8 Å². The van der Waals surface area contributed by atoms with Crippen LogP contribution in [0.3, 0.4) is 0 Å². The molecule has 0 fully saturated rings. The molecule has 0 saturated carbocycles. The van der Waals surface area contributed by atoms with E-state index in [2.05, 4.69) is 9.47 Å². The number of aliphatic hydroxyl groups excluding tert-OH is 2. The van der Waals surface area contributed by atoms with Crippen molar-refractivity contribution in [2.45, 2.75) is 12.6 Å². The van der Waals surface area contributed by atoms with E-state index >= 15 is 0 Å². The van der Waals surface area contributed by atoms with Gasteiger partial charge >= 0.3 is 8.25 Å². The van der Waals surface area contributed by atoms with Crippen LogP contribution in [0.1, 0.15) is 0 Å². The first-order valence-electron chi connectivity index (χ1n) is 5.14. The second-order valence-electron chi connectivity index (χ2n) is 2.98. The maximum absolute atomic E-state index is 11.2. The summed E-state index contributed by atoms with van der Waals surface area (Å²) in [7, 11) is 0.104. The molecule has 0 aromatic heterocycles. The van der Waals surface area contributed by atoms with Gasteiger partial charge in [-0.15, -0.1) is 0 Å². The van der Waals surface area contributed by atoms with E-state index in [0.29, 0.717) is 0 Å². The lowest BCUT2D eigenvalue weighted by Gasteiger charge is -2.03. The van der Waals surface area contributed by atoms with Gasteiger partial charge < -0.3 is 28.7 Å². The third-order valence-electron chi connectivity index (χ3n) is 1.68. The van der Waals surface area contributed by atoms with Crippen LogP contribution in [0.4, 0.5) is 0 Å². The third-order valence-corrected chi connectivity index (χ3v) is 2.48. The lowest BCUT2D eigenvalue weighted by Crippen LogP contribution is -2.04. The molecule has 0 aliphatic heterocycles. The van der Waals surface area contributed by atoms with Gasteiger partial charge in [0.15, 0.2) is 12.6 Å². The molecule has 2 atom stereocenters. The number of hydrogen-bond acceptors (Lipinski definition) is 7. The van der Waals surface area contributed by atoms with Crippen molar-refractivity contribution in [2.75, 3.05) is 27.4 Å². The molecule has 2 N–H and O–H groups in total. The Kier molecular flexibility index (Phi) is 11.2. The summed E-state index contributed by atoms with van der Waals surface area (Å²) in [6, 6.07) is 0. The molecule has 0 bridgehead atoms. The van der Waals surface area contributed by atoms with Crippen LogP contribution in [0, 0.1) is 0 Å². The number of ether oxygens (including phenoxy) is 2. The Morgan fingerprint density at radius 2 is 1.39 bits per heavy atom. The zero-order valence-electron chi connectivity index (χ0n) is 10.3. The fraction of sp³-hybridized carbons (Fsp3) is 0.600. The van der Waals surface area contributed by atoms with Crippen molar-refractivity contribution >= 4 is 8.25 Å². The highest BCUT2D eigenvalue weighted by atomic mass is 31.1. The smallest absolute Gasteiger partial charge is 0.319 e. The van der Waals surface area contributed by atoms with Crippen molar-refractivity contribution in [3.8, 4) is 0 Å². The van der Waals surface area contributed by atoms with Gasteiger partial charge in [0.2, 0.25) is 0 Å². The van der Waals surface area contributed by atoms with E-state index in [1.807, 2.05) is 0 Å². The Balaban J connectivity index is 3.60. The second kappa shape index (κ2) is 11.6. The monoisotopic (exact) mass is 282 g/mol. The van der Waals surface area contributed by atoms with Gasteiger partial charge in [0.1, 0.15) is 0 Å². The molecule has 0 aliphatic rings. The van der Waals surface area contributed by atoms with E-state index in [4.69, 9.17) is 19.3 Å². The fourth-order valence-electron chi connectivity index (χ4n) is 0.775. The van der Waals surface area contributed by atoms with Crippen LogP contribution in [0.25, 0.3) is 0 Å². The third kappa shape index (κ3) is 10.6. The zero-order valence-corrected chi connectivity index (χ0v) is 11.3. The molecule has 0 aliphatic carbocycles. The Morgan fingerprint density at radius 3 is 1.72 bits per heavy atom. The minimum Gasteiger partial charge on any atom is -0.365 e. The Bertz CT molecular complexity index is 253. The molecule has 0 amide bonds. The van der Waals surface area contributed by atoms with Crippen LogP contribution in [0.15, 0.2) is 24.3 Å². The number of hydrogen-bond donors (Lipinski definition) is 2. The molecule has 0 radical (unpaired) electrons. The molecule has 106 valence electrons. The van der Waals surface area contributed by atoms with Gasteiger partial charge in [-0.25, -0.2) is 0 Å². The molecule has 0 saturated heterocycles. The summed E-state index contributed by atoms with van der Waals surface area (Å²) < 4.78 is 29.9. The van der Waals surface area contributed by atoms with Crippen LogP contribution in [-0.2, 0) is 23.1 Å². The average Bonchev–Trinajstić information content (AvgIpc) is 2.38. The predicted molar refractivity (Wildman–Crippen MR) is 65.2 cm³/mol. The summed E-state index contributed by atoms with van der Waals surface area (Å²) in [4.78, 5) is 0. The quantitative estimate of drug-likeness (QED) is 0.341. The van der Waals surface area contributed by atoms with E-state index in [1.165, 1.54) is 38.5 Å². The van der Waals surface area contributed by atoms with E-state index in [-0.39, 0.29) is 13.2 Å². The van der Waals surface area contributed by atoms with Crippen LogP contribution in [-0.4, -0.2) is 50.2 Å². The fourth-order valence-corrected chi connectivity index (χ4v) is 1.32. The summed E-state index contributed by atoms with van der Waals surface area (Å²) >= 11 is 0. The molecule has 0 rings (SSSR count). The van der Waals surface area contributed by atoms with Gasteiger partial charge in [0, 0.05) is 14.2 Å². The molecule has 7 nitrogen and oxygen atoms in total. The van der Waals surface area contributed by atoms with Crippen molar-refractivity contribution in [1.29, 1.82) is 0 Å². The van der Waals surface area contributed by atoms with E-state index in [9.17, 15) is 4.57 Å². The molecule has 0 spiro atoms. The maximum Gasteiger partial charge on any atom is 0.319 e. The normalized spacial score (nSPS) is 17.3. The molecule has 18 heavy (non-hydrogen) atoms. The van der Waals surface area contributed by atoms with Crippen molar-refractivity contribution in [3.63, 3.8) is 0 Å². The second-order valence-corrected chi connectivity index (χ2v) is 4.06. The van der Waals surface area contributed by atoms with Crippen LogP contribution >= 0.6 is 8.25 Å². The summed E-state index contributed by atoms with van der Waals surface area (Å²) in [6.07, 6.45) is 3.62. The van der Waals surface area contributed by atoms with Crippen LogP contribution in [0.5, 0.6) is 0 Å². The van der Waals surface area contributed by atoms with Gasteiger partial charge in [-0.2, -0.15) is 0 Å². The highest BCUT2D eigenvalue weighted by molar-refractivity contribution is 7.33. The Morgan fingerprint density at radius 1 is 1.00 bits per heavy atom. The highest BCUT2D eigenvalue weighted by Crippen LogP contribution is 2.23. The number of rotatable bonds is 10. The van der Waals surface area contributed by atoms with Crippen molar-refractivity contribution < 1.29 is 33.3 Å². The lowest BCUT2D eigenvalue weighted by atomic mass is 10.5. The number of methoxy groups -OCH3 is 2. The molecule has 0 aromatic rings. The SMILES string of the molecule is COC(O)C=CCO[PH](=O)OCC=CC(O)OC. The minimum atomic E-state index is -2.60. The van der Waals surface area contributed by atoms with Gasteiger partial charge in [0.05, 0.1) is 13.2 Å². The molecule has 8 heteroatoms. The van der Waals surface area contributed by atoms with E-state index in [1.54, 1.807) is 0 Å². The first-order chi connectivity index (χ1) is 8.60. The topological polar surface area (TPSA) is 94.5 Å². The van der Waals surface area contributed by atoms with Crippen LogP contribution in [0.2, 0.25) is 0 Å². The zero-order chi connectivity index (χ0) is 13.8. The van der Waals surface area contributed by atoms with Gasteiger partial charge in [0.25, 0.3) is 0 Å². The first-order valence-corrected chi connectivity index (χ1v) is 6.37. The van der Waals surface area contributed by atoms with Gasteiger partial charge in [-0.3, -0.25) is 4.57 Å². The van der Waals surface area contributed by atoms with Crippen molar-refractivity contribution in [1.82, 2.24) is 0 Å². The largest absolute Gasteiger partial charge is 0.365 e. The average molecular weight is 282 g/mol. The van der Waals surface area contributed by atoms with Crippen LogP contribution < -0.4 is 0 Å². The van der Waals surface area contributed by atoms with E-state index in [0.717, 1.165) is 0 Å². The van der Waals surface area contributed by atoms with Crippen molar-refractivity contribution in [2.24, 2.45) is 0 Å². The first kappa shape index (κ1) is 17.5. The molecular weight excluding hydrogens is 263 g/mol. The van der Waals surface area contributed by atoms with Gasteiger partial charge in [-0.1, -0.05) is 12.2 Å². The maximum atomic E-state index is 11.2. The molecular formula is C10H19O7P. The summed E-state index contributed by atoms with van der Waals surface area (Å²) in [5.41, 5.74) is 0. The molecule has 2 unspecified atom stereocenters. The molecule has 0 heterocycles. The predicted octanol–water partition coefficient (Wildman–Crippen LogP) is 0.451. The highest BCUT2D eigenvalue weighted by Gasteiger charge is 1.98.